The van der Waals surface area contributed by atoms with Crippen LogP contribution in [0.1, 0.15) is 44.3 Å². The van der Waals surface area contributed by atoms with E-state index in [-0.39, 0.29) is 23.0 Å². The predicted octanol–water partition coefficient (Wildman–Crippen LogP) is 6.54. The van der Waals surface area contributed by atoms with E-state index in [9.17, 15) is 31.5 Å². The Kier molecular flexibility index (Phi) is 8.34. The second-order valence-electron chi connectivity index (χ2n) is 9.47. The molecule has 1 aromatic carbocycles. The molecule has 4 aromatic rings. The number of thiophene rings is 1. The molecule has 1 fully saturated rings. The molecule has 0 spiro atoms. The smallest absolute Gasteiger partial charge is 0.350 e. The summed E-state index contributed by atoms with van der Waals surface area (Å²) in [4.78, 5) is 35.7. The largest absolute Gasteiger partial charge is 0.459 e. The van der Waals surface area contributed by atoms with Crippen LogP contribution in [0.2, 0.25) is 0 Å². The Morgan fingerprint density at radius 3 is 2.37 bits per heavy atom. The molecule has 0 atom stereocenters. The molecular weight excluding hydrogens is 585 g/mol. The summed E-state index contributed by atoms with van der Waals surface area (Å²) < 4.78 is 68.8. The van der Waals surface area contributed by atoms with Gasteiger partial charge in [0.1, 0.15) is 20.4 Å². The molecule has 0 bridgehead atoms. The van der Waals surface area contributed by atoms with Gasteiger partial charge in [-0.05, 0) is 62.3 Å². The lowest BCUT2D eigenvalue weighted by atomic mass is 10.1. The number of anilines is 1. The number of benzene rings is 1. The zero-order valence-electron chi connectivity index (χ0n) is 21.4. The highest BCUT2D eigenvalue weighted by Gasteiger charge is 2.62. The van der Waals surface area contributed by atoms with Gasteiger partial charge in [-0.3, -0.25) is 9.59 Å². The molecule has 0 saturated carbocycles. The van der Waals surface area contributed by atoms with Crippen LogP contribution in [-0.4, -0.2) is 59.0 Å². The number of fused-ring (bicyclic) bond motifs is 1. The standard InChI is InChI=1S/C27H24F5N5O2S2/c28-26(29,27(30,31)32)21-20(23(39)33-11-14-37-12-2-1-3-13-37)41-25(36-21)16-6-8-18(9-7-16)35-22(38)19-15-17-5-4-10-34-24(17)40-19/h4-10,15H,1-3,11-14H2,(H,33,39)(H,35,38). The van der Waals surface area contributed by atoms with E-state index in [4.69, 9.17) is 0 Å². The molecule has 7 nitrogen and oxygen atoms in total. The first kappa shape index (κ1) is 29.0. The van der Waals surface area contributed by atoms with Crippen LogP contribution in [0, 0.1) is 0 Å². The summed E-state index contributed by atoms with van der Waals surface area (Å²) in [6.07, 6.45) is -1.17. The third kappa shape index (κ3) is 6.39. The van der Waals surface area contributed by atoms with Gasteiger partial charge in [0.2, 0.25) is 0 Å². The van der Waals surface area contributed by atoms with Gasteiger partial charge in [-0.2, -0.15) is 22.0 Å². The Labute approximate surface area is 239 Å². The number of piperidine rings is 1. The lowest BCUT2D eigenvalue weighted by molar-refractivity contribution is -0.290. The maximum Gasteiger partial charge on any atom is 0.459 e. The summed E-state index contributed by atoms with van der Waals surface area (Å²) in [6, 6.07) is 11.1. The van der Waals surface area contributed by atoms with Crippen molar-refractivity contribution < 1.29 is 31.5 Å². The van der Waals surface area contributed by atoms with Gasteiger partial charge in [0.15, 0.2) is 0 Å². The average Bonchev–Trinajstić information content (AvgIpc) is 3.59. The monoisotopic (exact) mass is 609 g/mol. The highest BCUT2D eigenvalue weighted by molar-refractivity contribution is 7.20. The number of likely N-dealkylation sites (tertiary alicyclic amines) is 1. The van der Waals surface area contributed by atoms with Gasteiger partial charge in [-0.15, -0.1) is 22.7 Å². The summed E-state index contributed by atoms with van der Waals surface area (Å²) in [6.45, 7) is 2.26. The molecule has 0 unspecified atom stereocenters. The number of amides is 2. The summed E-state index contributed by atoms with van der Waals surface area (Å²) in [5.41, 5.74) is -1.04. The molecule has 2 amide bonds. The van der Waals surface area contributed by atoms with Crippen molar-refractivity contribution in [3.63, 3.8) is 0 Å². The Bertz CT molecular complexity index is 1510. The Morgan fingerprint density at radius 2 is 1.68 bits per heavy atom. The number of hydrogen-bond donors (Lipinski definition) is 2. The normalized spacial score (nSPS) is 14.8. The van der Waals surface area contributed by atoms with Crippen LogP contribution in [0.4, 0.5) is 27.6 Å². The van der Waals surface area contributed by atoms with Crippen LogP contribution in [-0.2, 0) is 5.92 Å². The molecule has 3 aromatic heterocycles. The van der Waals surface area contributed by atoms with Crippen LogP contribution in [0.3, 0.4) is 0 Å². The number of hydrogen-bond acceptors (Lipinski definition) is 7. The van der Waals surface area contributed by atoms with E-state index in [0.29, 0.717) is 33.3 Å². The van der Waals surface area contributed by atoms with Gasteiger partial charge in [0.25, 0.3) is 11.8 Å². The van der Waals surface area contributed by atoms with Gasteiger partial charge in [0.05, 0.1) is 4.88 Å². The van der Waals surface area contributed by atoms with Crippen LogP contribution in [0.5, 0.6) is 0 Å². The second-order valence-corrected chi connectivity index (χ2v) is 11.5. The van der Waals surface area contributed by atoms with E-state index in [2.05, 4.69) is 25.5 Å². The van der Waals surface area contributed by atoms with Gasteiger partial charge in [-0.1, -0.05) is 12.5 Å². The molecule has 41 heavy (non-hydrogen) atoms. The van der Waals surface area contributed by atoms with Gasteiger partial charge in [0, 0.05) is 35.9 Å². The van der Waals surface area contributed by atoms with Crippen molar-refractivity contribution in [3.05, 3.63) is 64.1 Å². The van der Waals surface area contributed by atoms with Gasteiger partial charge < -0.3 is 15.5 Å². The fraction of sp³-hybridized carbons (Fsp3) is 0.333. The maximum absolute atomic E-state index is 14.5. The molecule has 1 saturated heterocycles. The number of pyridine rings is 1. The van der Waals surface area contributed by atoms with Crippen LogP contribution >= 0.6 is 22.7 Å². The molecule has 0 aliphatic carbocycles. The highest BCUT2D eigenvalue weighted by Crippen LogP contribution is 2.47. The minimum Gasteiger partial charge on any atom is -0.350 e. The van der Waals surface area contributed by atoms with Crippen LogP contribution in [0.25, 0.3) is 20.8 Å². The highest BCUT2D eigenvalue weighted by atomic mass is 32.1. The molecule has 4 heterocycles. The van der Waals surface area contributed by atoms with Gasteiger partial charge in [-0.25, -0.2) is 9.97 Å². The SMILES string of the molecule is O=C(Nc1ccc(-c2nc(C(F)(F)C(F)(F)F)c(C(=O)NCCN3CCCCC3)s2)cc1)c1cc2cccnc2s1. The van der Waals surface area contributed by atoms with Crippen LogP contribution < -0.4 is 10.6 Å². The zero-order valence-corrected chi connectivity index (χ0v) is 23.1. The van der Waals surface area contributed by atoms with E-state index in [1.807, 2.05) is 6.07 Å². The molecule has 2 N–H and O–H groups in total. The van der Waals surface area contributed by atoms with Crippen LogP contribution in [0.15, 0.2) is 48.7 Å². The third-order valence-corrected chi connectivity index (χ3v) is 8.72. The number of aromatic nitrogens is 2. The molecule has 216 valence electrons. The molecule has 0 radical (unpaired) electrons. The Hall–Kier alpha value is -3.49. The van der Waals surface area contributed by atoms with Crippen molar-refractivity contribution in [2.24, 2.45) is 0 Å². The first-order valence-corrected chi connectivity index (χ1v) is 14.4. The number of rotatable bonds is 8. The number of halogens is 5. The van der Waals surface area contributed by atoms with E-state index in [1.54, 1.807) is 18.3 Å². The lowest BCUT2D eigenvalue weighted by Crippen LogP contribution is -2.39. The zero-order chi connectivity index (χ0) is 29.2. The van der Waals surface area contributed by atoms with E-state index in [1.165, 1.54) is 35.6 Å². The topological polar surface area (TPSA) is 87.2 Å². The van der Waals surface area contributed by atoms with E-state index < -0.39 is 28.6 Å². The van der Waals surface area contributed by atoms with Crippen molar-refractivity contribution in [1.82, 2.24) is 20.2 Å². The fourth-order valence-corrected chi connectivity index (χ4v) is 6.33. The van der Waals surface area contributed by atoms with E-state index in [0.717, 1.165) is 37.7 Å². The molecule has 1 aliphatic rings. The summed E-state index contributed by atoms with van der Waals surface area (Å²) in [7, 11) is 0. The predicted molar refractivity (Wildman–Crippen MR) is 148 cm³/mol. The first-order valence-electron chi connectivity index (χ1n) is 12.8. The van der Waals surface area contributed by atoms with Crippen molar-refractivity contribution in [2.45, 2.75) is 31.4 Å². The van der Waals surface area contributed by atoms with Gasteiger partial charge >= 0.3 is 12.1 Å². The summed E-state index contributed by atoms with van der Waals surface area (Å²) in [5, 5.41) is 5.82. The number of alkyl halides is 5. The Balaban J connectivity index is 1.33. The van der Waals surface area contributed by atoms with Crippen molar-refractivity contribution in [3.8, 4) is 10.6 Å². The molecule has 14 heteroatoms. The maximum atomic E-state index is 14.5. The molecule has 5 rings (SSSR count). The number of nitrogens with one attached hydrogen (secondary N) is 2. The number of nitrogens with zero attached hydrogens (tertiary/aromatic N) is 3. The number of carbonyl (C=O) groups is 2. The second kappa shape index (κ2) is 11.8. The van der Waals surface area contributed by atoms with E-state index >= 15 is 0 Å². The lowest BCUT2D eigenvalue weighted by Gasteiger charge is -2.26. The van der Waals surface area contributed by atoms with Crippen molar-refractivity contribution >= 4 is 50.4 Å². The Morgan fingerprint density at radius 1 is 0.951 bits per heavy atom. The molecule has 1 aliphatic heterocycles. The summed E-state index contributed by atoms with van der Waals surface area (Å²) >= 11 is 1.67. The average molecular weight is 610 g/mol. The minimum atomic E-state index is -5.93. The van der Waals surface area contributed by atoms with Crippen molar-refractivity contribution in [2.75, 3.05) is 31.5 Å². The van der Waals surface area contributed by atoms with Crippen molar-refractivity contribution in [1.29, 1.82) is 0 Å². The first-order chi connectivity index (χ1) is 19.5. The number of thiazole rings is 1. The fourth-order valence-electron chi connectivity index (χ4n) is 4.41. The minimum absolute atomic E-state index is 0.105. The molecular formula is C27H24F5N5O2S2. The number of carbonyl (C=O) groups excluding carboxylic acids is 2. The quantitative estimate of drug-likeness (QED) is 0.222. The summed E-state index contributed by atoms with van der Waals surface area (Å²) in [5.74, 6) is -6.74. The third-order valence-electron chi connectivity index (χ3n) is 6.56.